The van der Waals surface area contributed by atoms with Gasteiger partial charge in [0.2, 0.25) is 0 Å². The van der Waals surface area contributed by atoms with Crippen LogP contribution >= 0.6 is 0 Å². The Morgan fingerprint density at radius 2 is 0.902 bits per heavy atom. The molecule has 0 N–H and O–H groups in total. The molecule has 1 heterocycles. The summed E-state index contributed by atoms with van der Waals surface area (Å²) in [5.74, 6) is 0. The Bertz CT molecular complexity index is 3560. The fraction of sp³-hybridized carbons (Fsp3) is 0. The number of furan rings is 1. The summed E-state index contributed by atoms with van der Waals surface area (Å²) >= 11 is 0. The van der Waals surface area contributed by atoms with Gasteiger partial charge in [0.15, 0.2) is 0 Å². The molecule has 1 aromatic heterocycles. The molecule has 0 spiro atoms. The third kappa shape index (κ3) is 4.28. The number of fused-ring (bicyclic) bond motifs is 9. The zero-order chi connectivity index (χ0) is 40.4. The van der Waals surface area contributed by atoms with Crippen LogP contribution in [-0.2, 0) is 0 Å². The van der Waals surface area contributed by atoms with Crippen molar-refractivity contribution in [3.05, 3.63) is 182 Å². The van der Waals surface area contributed by atoms with Crippen LogP contribution in [0, 0.1) is 0 Å². The summed E-state index contributed by atoms with van der Waals surface area (Å²) in [6.45, 7) is 0. The van der Waals surface area contributed by atoms with Gasteiger partial charge in [0, 0.05) is 10.8 Å². The zero-order valence-corrected chi connectivity index (χ0v) is 27.1. The fourth-order valence-corrected chi connectivity index (χ4v) is 7.94. The highest BCUT2D eigenvalue weighted by molar-refractivity contribution is 6.22. The molecule has 11 rings (SSSR count). The highest BCUT2D eigenvalue weighted by Crippen LogP contribution is 2.45. The Morgan fingerprint density at radius 1 is 0.353 bits per heavy atom. The van der Waals surface area contributed by atoms with Crippen LogP contribution in [0.15, 0.2) is 186 Å². The van der Waals surface area contributed by atoms with E-state index in [9.17, 15) is 5.48 Å². The molecule has 0 aliphatic carbocycles. The maximum atomic E-state index is 9.41. The first-order valence-corrected chi connectivity index (χ1v) is 16.9. The lowest BCUT2D eigenvalue weighted by atomic mass is 9.85. The molecule has 0 aliphatic rings. The molecule has 0 amide bonds. The van der Waals surface area contributed by atoms with Crippen LogP contribution in [0.1, 0.15) is 11.0 Å². The average Bonchev–Trinajstić information content (AvgIpc) is 3.63. The van der Waals surface area contributed by atoms with Gasteiger partial charge < -0.3 is 4.42 Å². The second-order valence-electron chi connectivity index (χ2n) is 13.0. The molecule has 0 fully saturated rings. The van der Waals surface area contributed by atoms with Gasteiger partial charge in [-0.3, -0.25) is 0 Å². The van der Waals surface area contributed by atoms with E-state index in [1.165, 1.54) is 0 Å². The van der Waals surface area contributed by atoms with Crippen LogP contribution < -0.4 is 0 Å². The van der Waals surface area contributed by atoms with Crippen LogP contribution in [0.25, 0.3) is 109 Å². The van der Waals surface area contributed by atoms with E-state index < -0.39 is 24.2 Å². The van der Waals surface area contributed by atoms with Crippen LogP contribution in [0.4, 0.5) is 0 Å². The average molecular weight is 655 g/mol. The van der Waals surface area contributed by atoms with E-state index >= 15 is 0 Å². The van der Waals surface area contributed by atoms with Gasteiger partial charge in [-0.05, 0) is 112 Å². The van der Waals surface area contributed by atoms with Gasteiger partial charge in [-0.1, -0.05) is 158 Å². The van der Waals surface area contributed by atoms with Crippen molar-refractivity contribution in [1.29, 1.82) is 0 Å². The highest BCUT2D eigenvalue weighted by atomic mass is 16.3. The minimum Gasteiger partial charge on any atom is -0.456 e. The smallest absolute Gasteiger partial charge is 0.136 e. The van der Waals surface area contributed by atoms with Crippen molar-refractivity contribution in [2.24, 2.45) is 0 Å². The molecular weight excluding hydrogens is 617 g/mol. The monoisotopic (exact) mass is 654 g/mol. The van der Waals surface area contributed by atoms with Crippen molar-refractivity contribution in [1.82, 2.24) is 0 Å². The van der Waals surface area contributed by atoms with Crippen molar-refractivity contribution < 1.29 is 15.4 Å². The van der Waals surface area contributed by atoms with Gasteiger partial charge in [0.25, 0.3) is 0 Å². The summed E-state index contributed by atoms with van der Waals surface area (Å²) in [4.78, 5) is 0. The third-order valence-electron chi connectivity index (χ3n) is 10.3. The molecule has 10 aromatic carbocycles. The van der Waals surface area contributed by atoms with E-state index in [0.717, 1.165) is 54.2 Å². The van der Waals surface area contributed by atoms with Gasteiger partial charge in [-0.25, -0.2) is 0 Å². The molecule has 236 valence electrons. The molecule has 1 heteroatoms. The van der Waals surface area contributed by atoms with E-state index in [1.807, 2.05) is 84.9 Å². The summed E-state index contributed by atoms with van der Waals surface area (Å²) in [5, 5.41) is 8.83. The Labute approximate surface area is 305 Å². The van der Waals surface area contributed by atoms with Gasteiger partial charge in [-0.2, -0.15) is 0 Å². The molecular formula is C50H30O. The molecule has 1 nitrogen and oxygen atoms in total. The minimum atomic E-state index is -0.435. The fourth-order valence-electron chi connectivity index (χ4n) is 7.94. The van der Waals surface area contributed by atoms with E-state index in [1.54, 1.807) is 6.07 Å². The molecule has 0 radical (unpaired) electrons. The molecule has 0 aliphatic heterocycles. The number of rotatable bonds is 3. The normalized spacial score (nSPS) is 14.1. The second kappa shape index (κ2) is 10.9. The molecule has 0 saturated carbocycles. The Hall–Kier alpha value is -6.70. The number of hydrogen-bond donors (Lipinski definition) is 0. The van der Waals surface area contributed by atoms with Crippen molar-refractivity contribution in [2.45, 2.75) is 0 Å². The van der Waals surface area contributed by atoms with Crippen molar-refractivity contribution >= 4 is 75.8 Å². The number of hydrogen-bond acceptors (Lipinski definition) is 1. The van der Waals surface area contributed by atoms with Gasteiger partial charge in [0.1, 0.15) is 11.2 Å². The molecule has 0 unspecified atom stereocenters. The van der Waals surface area contributed by atoms with Crippen LogP contribution in [0.5, 0.6) is 0 Å². The number of benzene rings is 10. The summed E-state index contributed by atoms with van der Waals surface area (Å²) < 4.78 is 79.4. The minimum absolute atomic E-state index is 0.172. The summed E-state index contributed by atoms with van der Waals surface area (Å²) in [5.41, 5.74) is 4.95. The van der Waals surface area contributed by atoms with E-state index in [0.29, 0.717) is 33.4 Å². The quantitative estimate of drug-likeness (QED) is 0.136. The van der Waals surface area contributed by atoms with Gasteiger partial charge in [-0.15, -0.1) is 0 Å². The first kappa shape index (κ1) is 21.4. The maximum Gasteiger partial charge on any atom is 0.136 e. The van der Waals surface area contributed by atoms with Crippen molar-refractivity contribution in [2.75, 3.05) is 0 Å². The van der Waals surface area contributed by atoms with Gasteiger partial charge in [0.05, 0.1) is 11.0 Å². The molecule has 0 bridgehead atoms. The van der Waals surface area contributed by atoms with Crippen LogP contribution in [0.3, 0.4) is 0 Å². The molecule has 0 atom stereocenters. The van der Waals surface area contributed by atoms with E-state index in [2.05, 4.69) is 42.5 Å². The Morgan fingerprint density at radius 3 is 1.63 bits per heavy atom. The maximum absolute atomic E-state index is 9.41. The van der Waals surface area contributed by atoms with Crippen LogP contribution in [-0.4, -0.2) is 0 Å². The lowest BCUT2D eigenvalue weighted by Gasteiger charge is -2.18. The summed E-state index contributed by atoms with van der Waals surface area (Å²) in [6.07, 6.45) is 0. The predicted molar refractivity (Wildman–Crippen MR) is 218 cm³/mol. The largest absolute Gasteiger partial charge is 0.456 e. The Kier molecular flexibility index (Phi) is 4.57. The van der Waals surface area contributed by atoms with Crippen molar-refractivity contribution in [3.63, 3.8) is 0 Å². The van der Waals surface area contributed by atoms with Crippen molar-refractivity contribution in [3.8, 4) is 33.4 Å². The molecule has 0 saturated heterocycles. The predicted octanol–water partition coefficient (Wildman–Crippen LogP) is 14.4. The third-order valence-corrected chi connectivity index (χ3v) is 10.3. The van der Waals surface area contributed by atoms with Crippen LogP contribution in [0.2, 0.25) is 0 Å². The summed E-state index contributed by atoms with van der Waals surface area (Å²) in [6, 6.07) is 41.0. The van der Waals surface area contributed by atoms with E-state index in [-0.39, 0.29) is 45.7 Å². The summed E-state index contributed by atoms with van der Waals surface area (Å²) in [7, 11) is 0. The van der Waals surface area contributed by atoms with E-state index in [4.69, 9.17) is 9.90 Å². The zero-order valence-electron chi connectivity index (χ0n) is 35.1. The first-order valence-electron chi connectivity index (χ1n) is 20.9. The van der Waals surface area contributed by atoms with Gasteiger partial charge >= 0.3 is 0 Å². The topological polar surface area (TPSA) is 13.1 Å². The second-order valence-corrected chi connectivity index (χ2v) is 13.0. The SMILES string of the molecule is [2H]c1c([2H])c([2H])c2c(-c3ccc4oc5cc6ccccc6cc5c4c3)c3c([2H])c([2H])c([2H])c([2H])c3c(-c3ccc(-c4cccc5ccc6ccccc6c45)cc3)c2c1[2H]. The Balaban J connectivity index is 1.24. The molecule has 51 heavy (non-hydrogen) atoms. The molecule has 11 aromatic rings. The lowest BCUT2D eigenvalue weighted by Crippen LogP contribution is -1.91. The first-order chi connectivity index (χ1) is 28.6. The standard InChI is InChI=1S/C50H30O/c1-2-12-36-30-47-45(28-35(36)11-1)44-29-37(26-27-46(44)51-47)50-42-17-7-5-15-40(42)49(41-16-6-8-18-43(41)50)34-24-21-32(22-25-34)39-19-9-13-33-23-20-31-10-3-4-14-38(31)48(33)39/h1-30H/i5D,6D,7D,8D,15D,16D,17D,18D. The highest BCUT2D eigenvalue weighted by Gasteiger charge is 2.18. The lowest BCUT2D eigenvalue weighted by molar-refractivity contribution is 0.669.